The molecule has 0 radical (unpaired) electrons. The van der Waals surface area contributed by atoms with Gasteiger partial charge in [0.05, 0.1) is 5.41 Å². The van der Waals surface area contributed by atoms with Gasteiger partial charge in [0.25, 0.3) is 0 Å². The fraction of sp³-hybridized carbons (Fsp3) is 0.101. The Balaban J connectivity index is 1.13. The zero-order chi connectivity index (χ0) is 47.6. The van der Waals surface area contributed by atoms with Gasteiger partial charge in [-0.05, 0) is 119 Å². The molecular formula is C69H50O2. The van der Waals surface area contributed by atoms with E-state index in [4.69, 9.17) is 9.47 Å². The highest BCUT2D eigenvalue weighted by molar-refractivity contribution is 6.20. The quantitative estimate of drug-likeness (QED) is 0.160. The van der Waals surface area contributed by atoms with Crippen molar-refractivity contribution in [3.8, 4) is 67.5 Å². The first-order valence-electron chi connectivity index (χ1n) is 24.9. The van der Waals surface area contributed by atoms with E-state index >= 15 is 0 Å². The third-order valence-electron chi connectivity index (χ3n) is 16.2. The maximum atomic E-state index is 6.80. The van der Waals surface area contributed by atoms with Crippen LogP contribution in [0.2, 0.25) is 0 Å². The van der Waals surface area contributed by atoms with Gasteiger partial charge in [0.1, 0.15) is 23.0 Å². The van der Waals surface area contributed by atoms with E-state index in [1.807, 2.05) is 0 Å². The summed E-state index contributed by atoms with van der Waals surface area (Å²) < 4.78 is 13.6. The molecule has 2 heterocycles. The van der Waals surface area contributed by atoms with E-state index in [1.165, 1.54) is 111 Å². The van der Waals surface area contributed by atoms with Gasteiger partial charge in [0.15, 0.2) is 0 Å². The van der Waals surface area contributed by atoms with Crippen LogP contribution in [0.5, 0.6) is 23.0 Å². The fourth-order valence-electron chi connectivity index (χ4n) is 13.3. The van der Waals surface area contributed by atoms with Gasteiger partial charge in [0.2, 0.25) is 0 Å². The second kappa shape index (κ2) is 15.3. The number of hydrogen-bond donors (Lipinski definition) is 0. The van der Waals surface area contributed by atoms with E-state index in [9.17, 15) is 0 Å². The van der Waals surface area contributed by atoms with Gasteiger partial charge in [-0.3, -0.25) is 0 Å². The Labute approximate surface area is 415 Å². The molecule has 2 nitrogen and oxygen atoms in total. The normalized spacial score (nSPS) is 15.0. The summed E-state index contributed by atoms with van der Waals surface area (Å²) in [6.45, 7) is 9.38. The molecule has 0 aromatic heterocycles. The van der Waals surface area contributed by atoms with Crippen LogP contribution in [-0.4, -0.2) is 0 Å². The SMILES string of the molecule is CC1(C)c2ccccc2Oc2cccc(-c3cccc4c(-c5cccc6c5C(c5ccccc5)(c5ccccc5)c5ccccc5-6)c5cccc(-c6cccc7c6C(C)(C)c6ccccc6O7)c5cc34)c21. The summed E-state index contributed by atoms with van der Waals surface area (Å²) in [5.41, 5.74) is 18.2. The molecule has 11 aromatic carbocycles. The van der Waals surface area contributed by atoms with Gasteiger partial charge in [0, 0.05) is 33.1 Å². The second-order valence-electron chi connectivity index (χ2n) is 20.6. The fourth-order valence-corrected chi connectivity index (χ4v) is 13.3. The topological polar surface area (TPSA) is 18.5 Å². The molecule has 0 spiro atoms. The van der Waals surface area contributed by atoms with E-state index < -0.39 is 5.41 Å². The predicted molar refractivity (Wildman–Crippen MR) is 292 cm³/mol. The van der Waals surface area contributed by atoms with Crippen LogP contribution < -0.4 is 9.47 Å². The van der Waals surface area contributed by atoms with Crippen LogP contribution in [0.3, 0.4) is 0 Å². The lowest BCUT2D eigenvalue weighted by molar-refractivity contribution is 0.418. The zero-order valence-electron chi connectivity index (χ0n) is 40.3. The van der Waals surface area contributed by atoms with E-state index in [-0.39, 0.29) is 10.8 Å². The van der Waals surface area contributed by atoms with Gasteiger partial charge < -0.3 is 9.47 Å². The number of benzene rings is 11. The molecule has 2 heteroatoms. The van der Waals surface area contributed by atoms with Gasteiger partial charge in [-0.15, -0.1) is 0 Å². The Morgan fingerprint density at radius 1 is 0.268 bits per heavy atom. The Morgan fingerprint density at radius 2 is 0.634 bits per heavy atom. The first-order valence-corrected chi connectivity index (χ1v) is 24.9. The number of para-hydroxylation sites is 2. The first-order chi connectivity index (χ1) is 34.8. The van der Waals surface area contributed by atoms with Gasteiger partial charge in [-0.2, -0.15) is 0 Å². The van der Waals surface area contributed by atoms with Crippen LogP contribution in [0, 0.1) is 0 Å². The number of hydrogen-bond acceptors (Lipinski definition) is 2. The Kier molecular flexibility index (Phi) is 8.93. The van der Waals surface area contributed by atoms with Crippen molar-refractivity contribution in [2.75, 3.05) is 0 Å². The highest BCUT2D eigenvalue weighted by Crippen LogP contribution is 2.61. The third kappa shape index (κ3) is 5.76. The molecule has 0 saturated heterocycles. The van der Waals surface area contributed by atoms with Crippen molar-refractivity contribution in [2.24, 2.45) is 0 Å². The Hall–Kier alpha value is -8.46. The molecule has 3 aliphatic rings. The standard InChI is InChI=1S/C69H50O2/c1-67(2)57-36-13-15-38-59(57)70-61-40-20-32-50(65(61)67)45-27-17-29-48-54(45)42-55-46(51-33-21-41-62-66(51)68(3,4)58-37-14-16-39-60(58)71-62)28-18-30-49(55)63(48)53-34-19-31-52-47-26-11-12-35-56(47)69(64(52)53,43-22-7-5-8-23-43)44-24-9-6-10-25-44/h5-42H,1-4H3. The number of ether oxygens (including phenoxy) is 2. The van der Waals surface area contributed by atoms with Crippen molar-refractivity contribution in [1.29, 1.82) is 0 Å². The largest absolute Gasteiger partial charge is 0.457 e. The number of fused-ring (bicyclic) bond motifs is 9. The summed E-state index contributed by atoms with van der Waals surface area (Å²) in [7, 11) is 0. The second-order valence-corrected chi connectivity index (χ2v) is 20.6. The van der Waals surface area contributed by atoms with Crippen molar-refractivity contribution < 1.29 is 9.47 Å². The monoisotopic (exact) mass is 910 g/mol. The molecule has 0 unspecified atom stereocenters. The van der Waals surface area contributed by atoms with Crippen LogP contribution in [0.1, 0.15) is 72.2 Å². The maximum Gasteiger partial charge on any atom is 0.132 e. The van der Waals surface area contributed by atoms with E-state index in [2.05, 4.69) is 258 Å². The van der Waals surface area contributed by atoms with Crippen LogP contribution >= 0.6 is 0 Å². The molecule has 2 aliphatic heterocycles. The maximum absolute atomic E-state index is 6.80. The van der Waals surface area contributed by atoms with E-state index in [0.717, 1.165) is 23.0 Å². The Bertz CT molecular complexity index is 3780. The lowest BCUT2D eigenvalue weighted by Gasteiger charge is -2.37. The summed E-state index contributed by atoms with van der Waals surface area (Å²) >= 11 is 0. The molecule has 0 amide bonds. The summed E-state index contributed by atoms with van der Waals surface area (Å²) in [4.78, 5) is 0. The van der Waals surface area contributed by atoms with Gasteiger partial charge >= 0.3 is 0 Å². The molecule has 11 aromatic rings. The molecule has 338 valence electrons. The molecule has 1 aliphatic carbocycles. The van der Waals surface area contributed by atoms with Crippen molar-refractivity contribution in [3.63, 3.8) is 0 Å². The van der Waals surface area contributed by atoms with Crippen molar-refractivity contribution in [1.82, 2.24) is 0 Å². The average Bonchev–Trinajstić information content (AvgIpc) is 3.72. The smallest absolute Gasteiger partial charge is 0.132 e. The molecule has 0 atom stereocenters. The summed E-state index contributed by atoms with van der Waals surface area (Å²) in [5, 5.41) is 4.78. The molecule has 0 N–H and O–H groups in total. The highest BCUT2D eigenvalue weighted by Gasteiger charge is 2.48. The average molecular weight is 911 g/mol. The van der Waals surface area contributed by atoms with Crippen molar-refractivity contribution in [3.05, 3.63) is 275 Å². The molecule has 0 fully saturated rings. The minimum absolute atomic E-state index is 0.338. The first kappa shape index (κ1) is 41.5. The third-order valence-corrected chi connectivity index (χ3v) is 16.2. The summed E-state index contributed by atoms with van der Waals surface area (Å²) in [5.74, 6) is 3.63. The lowest BCUT2D eigenvalue weighted by atomic mass is 9.65. The summed E-state index contributed by atoms with van der Waals surface area (Å²) in [6, 6.07) is 85.1. The van der Waals surface area contributed by atoms with Crippen LogP contribution in [-0.2, 0) is 16.2 Å². The highest BCUT2D eigenvalue weighted by atomic mass is 16.5. The van der Waals surface area contributed by atoms with Gasteiger partial charge in [-0.1, -0.05) is 228 Å². The lowest BCUT2D eigenvalue weighted by Crippen LogP contribution is -2.29. The van der Waals surface area contributed by atoms with E-state index in [1.54, 1.807) is 0 Å². The number of rotatable bonds is 5. The van der Waals surface area contributed by atoms with Crippen molar-refractivity contribution in [2.45, 2.75) is 43.9 Å². The van der Waals surface area contributed by atoms with Crippen molar-refractivity contribution >= 4 is 21.5 Å². The van der Waals surface area contributed by atoms with Crippen LogP contribution in [0.4, 0.5) is 0 Å². The van der Waals surface area contributed by atoms with Gasteiger partial charge in [-0.25, -0.2) is 0 Å². The zero-order valence-corrected chi connectivity index (χ0v) is 40.3. The molecule has 0 saturated carbocycles. The van der Waals surface area contributed by atoms with Crippen LogP contribution in [0.15, 0.2) is 231 Å². The predicted octanol–water partition coefficient (Wildman–Crippen LogP) is 18.2. The summed E-state index contributed by atoms with van der Waals surface area (Å²) in [6.07, 6.45) is 0. The minimum Gasteiger partial charge on any atom is -0.457 e. The molecular weight excluding hydrogens is 861 g/mol. The van der Waals surface area contributed by atoms with Crippen LogP contribution in [0.25, 0.3) is 66.1 Å². The molecule has 0 bridgehead atoms. The minimum atomic E-state index is -0.616. The molecule has 71 heavy (non-hydrogen) atoms. The molecule has 14 rings (SSSR count). The Morgan fingerprint density at radius 3 is 1.15 bits per heavy atom. The van der Waals surface area contributed by atoms with E-state index in [0.29, 0.717) is 0 Å².